The average Bonchev–Trinajstić information content (AvgIpc) is 3.09. The summed E-state index contributed by atoms with van der Waals surface area (Å²) in [7, 11) is 0. The average molecular weight is 347 g/mol. The second kappa shape index (κ2) is 9.36. The Morgan fingerprint density at radius 3 is 2.92 bits per heavy atom. The zero-order chi connectivity index (χ0) is 18.2. The third-order valence-corrected chi connectivity index (χ3v) is 4.44. The molecule has 25 heavy (non-hydrogen) atoms. The van der Waals surface area contributed by atoms with Crippen molar-refractivity contribution in [1.29, 1.82) is 0 Å². The minimum atomic E-state index is -0.393. The molecule has 0 aliphatic carbocycles. The Balaban J connectivity index is 1.95. The Morgan fingerprint density at radius 2 is 2.28 bits per heavy atom. The zero-order valence-electron chi connectivity index (χ0n) is 15.4. The Kier molecular flexibility index (Phi) is 7.18. The number of hydrogen-bond donors (Lipinski definition) is 1. The molecule has 1 aromatic heterocycles. The number of piperazine rings is 1. The molecule has 0 unspecified atom stereocenters. The van der Waals surface area contributed by atoms with Crippen LogP contribution in [-0.2, 0) is 16.1 Å². The molecule has 2 amide bonds. The maximum Gasteiger partial charge on any atom is 0.237 e. The van der Waals surface area contributed by atoms with E-state index in [0.29, 0.717) is 32.7 Å². The van der Waals surface area contributed by atoms with Crippen LogP contribution in [-0.4, -0.2) is 70.2 Å². The van der Waals surface area contributed by atoms with E-state index in [9.17, 15) is 9.59 Å². The number of aromatic nitrogens is 2. The topological polar surface area (TPSA) is 70.5 Å². The Labute approximate surface area is 149 Å². The standard InChI is InChI=1S/C18H29N5O2/c1-4-21(12-13-23-9-5-7-20-23)17(24)14-16-18(25)19-8-11-22(16)10-6-15(2)3/h5-7,9,16H,4,8,10-14H2,1-3H3,(H,19,25)/t16-/m1/s1. The summed E-state index contributed by atoms with van der Waals surface area (Å²) in [5.74, 6) is -0.0382. The Bertz CT molecular complexity index is 593. The number of carbonyl (C=O) groups is 2. The molecule has 0 aromatic carbocycles. The van der Waals surface area contributed by atoms with E-state index in [1.807, 2.05) is 37.7 Å². The molecule has 1 fully saturated rings. The van der Waals surface area contributed by atoms with Gasteiger partial charge in [-0.15, -0.1) is 0 Å². The summed E-state index contributed by atoms with van der Waals surface area (Å²) in [6.07, 6.45) is 5.93. The van der Waals surface area contributed by atoms with Crippen molar-refractivity contribution in [3.63, 3.8) is 0 Å². The molecule has 138 valence electrons. The van der Waals surface area contributed by atoms with E-state index < -0.39 is 6.04 Å². The lowest BCUT2D eigenvalue weighted by atomic mass is 10.1. The fourth-order valence-electron chi connectivity index (χ4n) is 2.91. The molecular weight excluding hydrogens is 318 g/mol. The summed E-state index contributed by atoms with van der Waals surface area (Å²) in [6.45, 7) is 10.0. The van der Waals surface area contributed by atoms with E-state index in [4.69, 9.17) is 0 Å². The van der Waals surface area contributed by atoms with E-state index in [1.54, 1.807) is 11.1 Å². The highest BCUT2D eigenvalue weighted by molar-refractivity contribution is 5.88. The van der Waals surface area contributed by atoms with Crippen LogP contribution in [0.25, 0.3) is 0 Å². The predicted octanol–water partition coefficient (Wildman–Crippen LogP) is 0.888. The quantitative estimate of drug-likeness (QED) is 0.709. The van der Waals surface area contributed by atoms with Crippen molar-refractivity contribution in [2.24, 2.45) is 0 Å². The van der Waals surface area contributed by atoms with Crippen LogP contribution in [0.2, 0.25) is 0 Å². The van der Waals surface area contributed by atoms with Gasteiger partial charge in [-0.25, -0.2) is 0 Å². The molecule has 2 heterocycles. The van der Waals surface area contributed by atoms with Gasteiger partial charge in [-0.3, -0.25) is 19.2 Å². The van der Waals surface area contributed by atoms with Crippen molar-refractivity contribution in [3.8, 4) is 0 Å². The molecule has 1 aliphatic heterocycles. The van der Waals surface area contributed by atoms with Crippen LogP contribution in [0.4, 0.5) is 0 Å². The van der Waals surface area contributed by atoms with Gasteiger partial charge in [0.15, 0.2) is 0 Å². The first kappa shape index (κ1) is 19.2. The van der Waals surface area contributed by atoms with Gasteiger partial charge < -0.3 is 10.2 Å². The van der Waals surface area contributed by atoms with Gasteiger partial charge in [0.2, 0.25) is 11.8 Å². The summed E-state index contributed by atoms with van der Waals surface area (Å²) >= 11 is 0. The van der Waals surface area contributed by atoms with Gasteiger partial charge in [-0.05, 0) is 26.8 Å². The van der Waals surface area contributed by atoms with Crippen molar-refractivity contribution in [2.45, 2.75) is 39.8 Å². The molecule has 7 nitrogen and oxygen atoms in total. The molecule has 0 radical (unpaired) electrons. The summed E-state index contributed by atoms with van der Waals surface area (Å²) in [5, 5.41) is 7.04. The summed E-state index contributed by atoms with van der Waals surface area (Å²) in [4.78, 5) is 28.9. The van der Waals surface area contributed by atoms with Crippen molar-refractivity contribution >= 4 is 11.8 Å². The van der Waals surface area contributed by atoms with Gasteiger partial charge in [-0.1, -0.05) is 11.6 Å². The van der Waals surface area contributed by atoms with E-state index >= 15 is 0 Å². The number of carbonyl (C=O) groups excluding carboxylic acids is 2. The molecule has 1 aromatic rings. The largest absolute Gasteiger partial charge is 0.353 e. The fraction of sp³-hybridized carbons (Fsp3) is 0.611. The molecule has 7 heteroatoms. The summed E-state index contributed by atoms with van der Waals surface area (Å²) < 4.78 is 1.81. The Morgan fingerprint density at radius 1 is 1.48 bits per heavy atom. The molecule has 1 N–H and O–H groups in total. The monoisotopic (exact) mass is 347 g/mol. The predicted molar refractivity (Wildman–Crippen MR) is 96.9 cm³/mol. The van der Waals surface area contributed by atoms with Gasteiger partial charge in [0.25, 0.3) is 0 Å². The third-order valence-electron chi connectivity index (χ3n) is 4.44. The lowest BCUT2D eigenvalue weighted by Crippen LogP contribution is -2.56. The third kappa shape index (κ3) is 5.70. The van der Waals surface area contributed by atoms with Gasteiger partial charge in [-0.2, -0.15) is 5.10 Å². The summed E-state index contributed by atoms with van der Waals surface area (Å²) in [6, 6.07) is 1.47. The maximum atomic E-state index is 12.7. The SMILES string of the molecule is CCN(CCn1cccn1)C(=O)C[C@@H]1C(=O)NCCN1CC=C(C)C. The second-order valence-electron chi connectivity index (χ2n) is 6.53. The van der Waals surface area contributed by atoms with E-state index in [2.05, 4.69) is 21.4 Å². The van der Waals surface area contributed by atoms with Crippen LogP contribution in [0.1, 0.15) is 27.2 Å². The number of nitrogens with zero attached hydrogens (tertiary/aromatic N) is 4. The second-order valence-corrected chi connectivity index (χ2v) is 6.53. The minimum absolute atomic E-state index is 0.0129. The molecule has 0 saturated carbocycles. The van der Waals surface area contributed by atoms with Gasteiger partial charge in [0.1, 0.15) is 0 Å². The first-order valence-corrected chi connectivity index (χ1v) is 8.91. The highest BCUT2D eigenvalue weighted by Gasteiger charge is 2.32. The van der Waals surface area contributed by atoms with E-state index in [0.717, 1.165) is 6.54 Å². The first-order valence-electron chi connectivity index (χ1n) is 8.91. The van der Waals surface area contributed by atoms with Crippen molar-refractivity contribution in [3.05, 3.63) is 30.1 Å². The van der Waals surface area contributed by atoms with Crippen LogP contribution in [0, 0.1) is 0 Å². The van der Waals surface area contributed by atoms with Crippen LogP contribution in [0.5, 0.6) is 0 Å². The van der Waals surface area contributed by atoms with Crippen LogP contribution < -0.4 is 5.32 Å². The van der Waals surface area contributed by atoms with Crippen molar-refractivity contribution in [2.75, 3.05) is 32.7 Å². The lowest BCUT2D eigenvalue weighted by Gasteiger charge is -2.35. The van der Waals surface area contributed by atoms with E-state index in [1.165, 1.54) is 5.57 Å². The highest BCUT2D eigenvalue weighted by atomic mass is 16.2. The molecular formula is C18H29N5O2. The molecule has 0 spiro atoms. The summed E-state index contributed by atoms with van der Waals surface area (Å²) in [5.41, 5.74) is 1.21. The van der Waals surface area contributed by atoms with Crippen molar-refractivity contribution < 1.29 is 9.59 Å². The number of rotatable bonds is 8. The molecule has 0 bridgehead atoms. The first-order chi connectivity index (χ1) is 12.0. The molecule has 1 atom stereocenters. The normalized spacial score (nSPS) is 17.9. The maximum absolute atomic E-state index is 12.7. The van der Waals surface area contributed by atoms with E-state index in [-0.39, 0.29) is 18.2 Å². The smallest absolute Gasteiger partial charge is 0.237 e. The number of allylic oxidation sites excluding steroid dienone is 1. The zero-order valence-corrected chi connectivity index (χ0v) is 15.4. The van der Waals surface area contributed by atoms with Gasteiger partial charge in [0.05, 0.1) is 19.0 Å². The van der Waals surface area contributed by atoms with Crippen LogP contribution in [0.15, 0.2) is 30.1 Å². The number of hydrogen-bond acceptors (Lipinski definition) is 4. The fourth-order valence-corrected chi connectivity index (χ4v) is 2.91. The van der Waals surface area contributed by atoms with Crippen molar-refractivity contribution in [1.82, 2.24) is 24.9 Å². The van der Waals surface area contributed by atoms with Crippen LogP contribution in [0.3, 0.4) is 0 Å². The Hall–Kier alpha value is -2.15. The molecule has 1 saturated heterocycles. The van der Waals surface area contributed by atoms with Gasteiger partial charge in [0, 0.05) is 45.1 Å². The molecule has 1 aliphatic rings. The number of amides is 2. The van der Waals surface area contributed by atoms with Gasteiger partial charge >= 0.3 is 0 Å². The molecule has 2 rings (SSSR count). The number of nitrogens with one attached hydrogen (secondary N) is 1. The lowest BCUT2D eigenvalue weighted by molar-refractivity contribution is -0.138. The highest BCUT2D eigenvalue weighted by Crippen LogP contribution is 2.12. The number of likely N-dealkylation sites (N-methyl/N-ethyl adjacent to an activating group) is 1. The van der Waals surface area contributed by atoms with Crippen LogP contribution >= 0.6 is 0 Å². The minimum Gasteiger partial charge on any atom is -0.353 e.